The Kier molecular flexibility index (Phi) is 3.48. The Hall–Kier alpha value is -0.830. The van der Waals surface area contributed by atoms with Crippen molar-refractivity contribution in [1.82, 2.24) is 10.2 Å². The van der Waals surface area contributed by atoms with Gasteiger partial charge in [-0.1, -0.05) is 13.0 Å². The fourth-order valence-electron chi connectivity index (χ4n) is 1.38. The molecule has 0 spiro atoms. The zero-order valence-corrected chi connectivity index (χ0v) is 8.63. The second-order valence-electron chi connectivity index (χ2n) is 3.52. The normalized spacial score (nSPS) is 18.2. The minimum absolute atomic E-state index is 0.161. The molecule has 1 aliphatic rings. The molecule has 0 aromatic carbocycles. The lowest BCUT2D eigenvalue weighted by atomic mass is 10.1. The minimum atomic E-state index is 0.161. The lowest BCUT2D eigenvalue weighted by Gasteiger charge is -2.35. The average Bonchev–Trinajstić information content (AvgIpc) is 2.00. The van der Waals surface area contributed by atoms with Gasteiger partial charge in [0.15, 0.2) is 0 Å². The predicted molar refractivity (Wildman–Crippen MR) is 53.5 cm³/mol. The minimum Gasteiger partial charge on any atom is -0.336 e. The van der Waals surface area contributed by atoms with Gasteiger partial charge >= 0.3 is 0 Å². The van der Waals surface area contributed by atoms with Crippen LogP contribution in [0, 0.1) is 0 Å². The van der Waals surface area contributed by atoms with E-state index < -0.39 is 0 Å². The number of carbonyl (C=O) groups is 1. The molecular formula is C10H18N2O. The molecule has 1 heterocycles. The van der Waals surface area contributed by atoms with Gasteiger partial charge in [-0.2, -0.15) is 0 Å². The second-order valence-corrected chi connectivity index (χ2v) is 3.52. The van der Waals surface area contributed by atoms with Gasteiger partial charge in [-0.25, -0.2) is 0 Å². The molecule has 3 nitrogen and oxygen atoms in total. The van der Waals surface area contributed by atoms with Crippen LogP contribution in [0.3, 0.4) is 0 Å². The molecule has 1 rings (SSSR count). The number of carbonyl (C=O) groups excluding carboxylic acids is 1. The topological polar surface area (TPSA) is 32.3 Å². The largest absolute Gasteiger partial charge is 0.336 e. The maximum Gasteiger partial charge on any atom is 0.249 e. The van der Waals surface area contributed by atoms with Crippen molar-refractivity contribution in [3.05, 3.63) is 11.6 Å². The van der Waals surface area contributed by atoms with Crippen molar-refractivity contribution in [3.63, 3.8) is 0 Å². The molecule has 0 atom stereocenters. The van der Waals surface area contributed by atoms with Gasteiger partial charge in [-0.3, -0.25) is 4.79 Å². The van der Waals surface area contributed by atoms with Crippen molar-refractivity contribution in [3.8, 4) is 0 Å². The van der Waals surface area contributed by atoms with E-state index in [1.165, 1.54) is 0 Å². The average molecular weight is 182 g/mol. The van der Waals surface area contributed by atoms with Gasteiger partial charge in [0, 0.05) is 25.7 Å². The van der Waals surface area contributed by atoms with Crippen LogP contribution in [0.4, 0.5) is 0 Å². The highest BCUT2D eigenvalue weighted by atomic mass is 16.2. The maximum atomic E-state index is 11.7. The van der Waals surface area contributed by atoms with Crippen molar-refractivity contribution in [2.75, 3.05) is 20.1 Å². The molecular weight excluding hydrogens is 164 g/mol. The molecule has 1 saturated heterocycles. The first-order valence-corrected chi connectivity index (χ1v) is 4.81. The Morgan fingerprint density at radius 3 is 2.62 bits per heavy atom. The third-order valence-corrected chi connectivity index (χ3v) is 2.48. The summed E-state index contributed by atoms with van der Waals surface area (Å²) in [6.45, 7) is 5.79. The van der Waals surface area contributed by atoms with Gasteiger partial charge < -0.3 is 10.2 Å². The zero-order valence-electron chi connectivity index (χ0n) is 8.63. The monoisotopic (exact) mass is 182 g/mol. The van der Waals surface area contributed by atoms with E-state index in [0.29, 0.717) is 6.04 Å². The van der Waals surface area contributed by atoms with Crippen LogP contribution in [0.1, 0.15) is 20.3 Å². The first kappa shape index (κ1) is 10.3. The predicted octanol–water partition coefficient (Wildman–Crippen LogP) is 0.773. The van der Waals surface area contributed by atoms with E-state index >= 15 is 0 Å². The highest BCUT2D eigenvalue weighted by molar-refractivity contribution is 5.92. The Balaban J connectivity index is 2.50. The van der Waals surface area contributed by atoms with Crippen molar-refractivity contribution < 1.29 is 4.79 Å². The summed E-state index contributed by atoms with van der Waals surface area (Å²) >= 11 is 0. The molecule has 0 aliphatic carbocycles. The quantitative estimate of drug-likeness (QED) is 0.654. The number of nitrogens with zero attached hydrogens (tertiary/aromatic N) is 1. The molecule has 0 saturated carbocycles. The second kappa shape index (κ2) is 4.42. The van der Waals surface area contributed by atoms with Crippen LogP contribution >= 0.6 is 0 Å². The summed E-state index contributed by atoms with van der Waals surface area (Å²) in [6, 6.07) is 0.396. The summed E-state index contributed by atoms with van der Waals surface area (Å²) in [5, 5.41) is 3.15. The SMILES string of the molecule is CCC=C(C)C(=O)N(C)C1CNC1. The Morgan fingerprint density at radius 1 is 1.62 bits per heavy atom. The van der Waals surface area contributed by atoms with E-state index in [9.17, 15) is 4.79 Å². The summed E-state index contributed by atoms with van der Waals surface area (Å²) in [7, 11) is 1.88. The zero-order chi connectivity index (χ0) is 9.84. The molecule has 0 unspecified atom stereocenters. The summed E-state index contributed by atoms with van der Waals surface area (Å²) in [5.74, 6) is 0.161. The number of allylic oxidation sites excluding steroid dienone is 1. The molecule has 0 aromatic rings. The smallest absolute Gasteiger partial charge is 0.249 e. The van der Waals surface area contributed by atoms with E-state index in [4.69, 9.17) is 0 Å². The summed E-state index contributed by atoms with van der Waals surface area (Å²) in [6.07, 6.45) is 2.90. The van der Waals surface area contributed by atoms with Crippen LogP contribution in [-0.2, 0) is 4.79 Å². The summed E-state index contributed by atoms with van der Waals surface area (Å²) in [5.41, 5.74) is 0.858. The van der Waals surface area contributed by atoms with E-state index in [0.717, 1.165) is 25.1 Å². The Bertz CT molecular complexity index is 219. The van der Waals surface area contributed by atoms with Gasteiger partial charge in [0.05, 0.1) is 6.04 Å². The third-order valence-electron chi connectivity index (χ3n) is 2.48. The fraction of sp³-hybridized carbons (Fsp3) is 0.700. The summed E-state index contributed by atoms with van der Waals surface area (Å²) < 4.78 is 0. The van der Waals surface area contributed by atoms with Gasteiger partial charge in [0.25, 0.3) is 0 Å². The van der Waals surface area contributed by atoms with Crippen LogP contribution in [0.25, 0.3) is 0 Å². The van der Waals surface area contributed by atoms with Crippen molar-refractivity contribution >= 4 is 5.91 Å². The molecule has 1 aliphatic heterocycles. The number of amides is 1. The standard InChI is InChI=1S/C10H18N2O/c1-4-5-8(2)10(13)12(3)9-6-11-7-9/h5,9,11H,4,6-7H2,1-3H3. The van der Waals surface area contributed by atoms with Gasteiger partial charge in [-0.15, -0.1) is 0 Å². The van der Waals surface area contributed by atoms with Crippen LogP contribution < -0.4 is 5.32 Å². The number of likely N-dealkylation sites (N-methyl/N-ethyl adjacent to an activating group) is 1. The van der Waals surface area contributed by atoms with Crippen LogP contribution in [-0.4, -0.2) is 37.0 Å². The first-order valence-electron chi connectivity index (χ1n) is 4.81. The number of hydrogen-bond acceptors (Lipinski definition) is 2. The van der Waals surface area contributed by atoms with Crippen molar-refractivity contribution in [2.45, 2.75) is 26.3 Å². The fourth-order valence-corrected chi connectivity index (χ4v) is 1.38. The van der Waals surface area contributed by atoms with Crippen molar-refractivity contribution in [2.24, 2.45) is 0 Å². The number of rotatable bonds is 3. The Labute approximate surface area is 79.8 Å². The molecule has 1 N–H and O–H groups in total. The molecule has 3 heteroatoms. The van der Waals surface area contributed by atoms with Crippen LogP contribution in [0.2, 0.25) is 0 Å². The summed E-state index contributed by atoms with van der Waals surface area (Å²) in [4.78, 5) is 13.5. The highest BCUT2D eigenvalue weighted by Crippen LogP contribution is 2.07. The van der Waals surface area contributed by atoms with Crippen LogP contribution in [0.5, 0.6) is 0 Å². The van der Waals surface area contributed by atoms with Gasteiger partial charge in [0.1, 0.15) is 0 Å². The lowest BCUT2D eigenvalue weighted by molar-refractivity contribution is -0.128. The number of hydrogen-bond donors (Lipinski definition) is 1. The molecule has 1 fully saturated rings. The van der Waals surface area contributed by atoms with Gasteiger partial charge in [0.2, 0.25) is 5.91 Å². The van der Waals surface area contributed by atoms with E-state index in [2.05, 4.69) is 5.32 Å². The molecule has 0 bridgehead atoms. The maximum absolute atomic E-state index is 11.7. The molecule has 0 radical (unpaired) electrons. The first-order chi connectivity index (χ1) is 6.16. The lowest BCUT2D eigenvalue weighted by Crippen LogP contribution is -2.57. The molecule has 13 heavy (non-hydrogen) atoms. The van der Waals surface area contributed by atoms with E-state index in [1.54, 1.807) is 0 Å². The van der Waals surface area contributed by atoms with Crippen molar-refractivity contribution in [1.29, 1.82) is 0 Å². The highest BCUT2D eigenvalue weighted by Gasteiger charge is 2.25. The molecule has 0 aromatic heterocycles. The third kappa shape index (κ3) is 2.31. The van der Waals surface area contributed by atoms with Gasteiger partial charge in [-0.05, 0) is 13.3 Å². The Morgan fingerprint density at radius 2 is 2.23 bits per heavy atom. The van der Waals surface area contributed by atoms with E-state index in [-0.39, 0.29) is 5.91 Å². The molecule has 74 valence electrons. The number of nitrogens with one attached hydrogen (secondary N) is 1. The van der Waals surface area contributed by atoms with Crippen LogP contribution in [0.15, 0.2) is 11.6 Å². The molecule has 1 amide bonds. The van der Waals surface area contributed by atoms with E-state index in [1.807, 2.05) is 31.9 Å².